The maximum atomic E-state index is 12.4. The number of nitrogens with one attached hydrogen (secondary N) is 1. The van der Waals surface area contributed by atoms with Crippen LogP contribution in [0.25, 0.3) is 0 Å². The first-order chi connectivity index (χ1) is 9.65. The number of amides is 1. The Balaban J connectivity index is 2.34. The largest absolute Gasteiger partial charge is 0.495 e. The van der Waals surface area contributed by atoms with Gasteiger partial charge < -0.3 is 15.2 Å². The lowest BCUT2D eigenvalue weighted by molar-refractivity contribution is -0.114. The first-order valence-electron chi connectivity index (χ1n) is 6.34. The third-order valence-electron chi connectivity index (χ3n) is 3.15. The zero-order valence-electron chi connectivity index (χ0n) is 12.1. The number of methoxy groups -OCH3 is 1. The van der Waals surface area contributed by atoms with Crippen molar-refractivity contribution in [2.45, 2.75) is 24.3 Å². The van der Waals surface area contributed by atoms with E-state index in [0.29, 0.717) is 11.4 Å². The number of anilines is 1. The first-order valence-corrected chi connectivity index (χ1v) is 7.78. The van der Waals surface area contributed by atoms with Crippen LogP contribution >= 0.6 is 0 Å². The Bertz CT molecular complexity index is 661. The molecule has 0 aromatic heterocycles. The molecular formula is C13H18N2O5S. The Hall–Kier alpha value is -1.64. The Labute approximate surface area is 123 Å². The average Bonchev–Trinajstić information content (AvgIpc) is 2.35. The molecule has 0 saturated carbocycles. The standard InChI is InChI=1S/C13H18N2O5S/c1-9(16)14-11-6-10(4-5-12(11)20-3)21(18,19)15-7-13(2,17)8-15/h4-6,17H,7-8H2,1-3H3,(H,14,16). The van der Waals surface area contributed by atoms with Crippen LogP contribution in [0.1, 0.15) is 13.8 Å². The van der Waals surface area contributed by atoms with Crippen molar-refractivity contribution in [1.29, 1.82) is 0 Å². The van der Waals surface area contributed by atoms with Crippen molar-refractivity contribution in [2.24, 2.45) is 0 Å². The predicted octanol–water partition coefficient (Wildman–Crippen LogP) is 0.409. The number of nitrogens with zero attached hydrogens (tertiary/aromatic N) is 1. The normalized spacial score (nSPS) is 17.9. The molecule has 1 heterocycles. The topological polar surface area (TPSA) is 95.9 Å². The van der Waals surface area contributed by atoms with Gasteiger partial charge in [0, 0.05) is 20.0 Å². The van der Waals surface area contributed by atoms with E-state index < -0.39 is 15.6 Å². The van der Waals surface area contributed by atoms with Gasteiger partial charge in [-0.1, -0.05) is 0 Å². The smallest absolute Gasteiger partial charge is 0.243 e. The molecule has 0 aliphatic carbocycles. The van der Waals surface area contributed by atoms with E-state index in [0.717, 1.165) is 0 Å². The number of hydrogen-bond acceptors (Lipinski definition) is 5. The molecule has 0 radical (unpaired) electrons. The number of sulfonamides is 1. The van der Waals surface area contributed by atoms with Crippen LogP contribution in [0.15, 0.2) is 23.1 Å². The second-order valence-corrected chi connectivity index (χ2v) is 7.25. The minimum Gasteiger partial charge on any atom is -0.495 e. The molecule has 0 unspecified atom stereocenters. The average molecular weight is 314 g/mol. The number of ether oxygens (including phenoxy) is 1. The van der Waals surface area contributed by atoms with Crippen molar-refractivity contribution in [3.8, 4) is 5.75 Å². The van der Waals surface area contributed by atoms with Gasteiger partial charge in [-0.15, -0.1) is 0 Å². The van der Waals surface area contributed by atoms with Gasteiger partial charge in [-0.2, -0.15) is 4.31 Å². The molecule has 1 amide bonds. The fourth-order valence-corrected chi connectivity index (χ4v) is 3.87. The molecule has 1 aromatic carbocycles. The van der Waals surface area contributed by atoms with Gasteiger partial charge in [-0.05, 0) is 25.1 Å². The number of aliphatic hydroxyl groups is 1. The summed E-state index contributed by atoms with van der Waals surface area (Å²) in [4.78, 5) is 11.2. The maximum absolute atomic E-state index is 12.4. The van der Waals surface area contributed by atoms with E-state index in [1.54, 1.807) is 6.92 Å². The van der Waals surface area contributed by atoms with Gasteiger partial charge >= 0.3 is 0 Å². The second kappa shape index (κ2) is 5.28. The van der Waals surface area contributed by atoms with Crippen LogP contribution in [0.3, 0.4) is 0 Å². The molecule has 1 aromatic rings. The predicted molar refractivity (Wildman–Crippen MR) is 76.7 cm³/mol. The Morgan fingerprint density at radius 3 is 2.52 bits per heavy atom. The number of hydrogen-bond donors (Lipinski definition) is 2. The summed E-state index contributed by atoms with van der Waals surface area (Å²) in [6.45, 7) is 3.01. The second-order valence-electron chi connectivity index (χ2n) is 5.31. The van der Waals surface area contributed by atoms with E-state index in [2.05, 4.69) is 5.32 Å². The quantitative estimate of drug-likeness (QED) is 0.839. The number of carbonyl (C=O) groups is 1. The fourth-order valence-electron chi connectivity index (χ4n) is 2.17. The molecule has 21 heavy (non-hydrogen) atoms. The summed E-state index contributed by atoms with van der Waals surface area (Å²) in [5, 5.41) is 12.2. The number of benzene rings is 1. The Morgan fingerprint density at radius 2 is 2.05 bits per heavy atom. The number of rotatable bonds is 4. The summed E-state index contributed by atoms with van der Waals surface area (Å²) in [5.74, 6) is 0.0505. The van der Waals surface area contributed by atoms with Crippen molar-refractivity contribution in [3.63, 3.8) is 0 Å². The van der Waals surface area contributed by atoms with Crippen LogP contribution in [0, 0.1) is 0 Å². The molecule has 7 nitrogen and oxygen atoms in total. The zero-order chi connectivity index (χ0) is 15.8. The van der Waals surface area contributed by atoms with Crippen molar-refractivity contribution in [3.05, 3.63) is 18.2 Å². The highest BCUT2D eigenvalue weighted by Gasteiger charge is 2.44. The van der Waals surface area contributed by atoms with Gasteiger partial charge in [-0.25, -0.2) is 8.42 Å². The van der Waals surface area contributed by atoms with E-state index in [1.165, 1.54) is 36.5 Å². The van der Waals surface area contributed by atoms with Crippen molar-refractivity contribution in [2.75, 3.05) is 25.5 Å². The van der Waals surface area contributed by atoms with Crippen LogP contribution in [-0.4, -0.2) is 49.5 Å². The molecule has 1 aliphatic rings. The molecule has 8 heteroatoms. The molecule has 0 spiro atoms. The third kappa shape index (κ3) is 3.17. The molecule has 1 fully saturated rings. The lowest BCUT2D eigenvalue weighted by atomic mass is 10.0. The summed E-state index contributed by atoms with van der Waals surface area (Å²) >= 11 is 0. The van der Waals surface area contributed by atoms with Gasteiger partial charge in [-0.3, -0.25) is 4.79 Å². The molecule has 0 atom stereocenters. The molecule has 2 N–H and O–H groups in total. The highest BCUT2D eigenvalue weighted by Crippen LogP contribution is 2.32. The summed E-state index contributed by atoms with van der Waals surface area (Å²) in [7, 11) is -2.26. The van der Waals surface area contributed by atoms with Gasteiger partial charge in [0.2, 0.25) is 15.9 Å². The Morgan fingerprint density at radius 1 is 1.43 bits per heavy atom. The highest BCUT2D eigenvalue weighted by molar-refractivity contribution is 7.89. The third-order valence-corrected chi connectivity index (χ3v) is 4.94. The van der Waals surface area contributed by atoms with Gasteiger partial charge in [0.15, 0.2) is 0 Å². The van der Waals surface area contributed by atoms with E-state index in [9.17, 15) is 18.3 Å². The Kier molecular flexibility index (Phi) is 3.96. The SMILES string of the molecule is COc1ccc(S(=O)(=O)N2CC(C)(O)C2)cc1NC(C)=O. The number of β-amino-alcohol motifs (C(OH)–C–C–N with tert-alkyl or cyclic N) is 1. The lowest BCUT2D eigenvalue weighted by Gasteiger charge is -2.42. The lowest BCUT2D eigenvalue weighted by Crippen LogP contribution is -2.61. The summed E-state index contributed by atoms with van der Waals surface area (Å²) in [6.07, 6.45) is 0. The fraction of sp³-hybridized carbons (Fsp3) is 0.462. The van der Waals surface area contributed by atoms with Crippen LogP contribution in [0.4, 0.5) is 5.69 Å². The number of carbonyl (C=O) groups excluding carboxylic acids is 1. The van der Waals surface area contributed by atoms with E-state index >= 15 is 0 Å². The van der Waals surface area contributed by atoms with Crippen molar-refractivity contribution < 1.29 is 23.1 Å². The maximum Gasteiger partial charge on any atom is 0.243 e. The summed E-state index contributed by atoms with van der Waals surface area (Å²) in [6, 6.07) is 4.24. The summed E-state index contributed by atoms with van der Waals surface area (Å²) in [5.41, 5.74) is -0.696. The first kappa shape index (κ1) is 15.7. The summed E-state index contributed by atoms with van der Waals surface area (Å²) < 4.78 is 31.1. The van der Waals surface area contributed by atoms with Gasteiger partial charge in [0.1, 0.15) is 5.75 Å². The molecular weight excluding hydrogens is 296 g/mol. The molecule has 1 saturated heterocycles. The van der Waals surface area contributed by atoms with E-state index in [-0.39, 0.29) is 23.9 Å². The van der Waals surface area contributed by atoms with Gasteiger partial charge in [0.25, 0.3) is 0 Å². The minimum absolute atomic E-state index is 0.0440. The minimum atomic E-state index is -3.69. The monoisotopic (exact) mass is 314 g/mol. The van der Waals surface area contributed by atoms with E-state index in [4.69, 9.17) is 4.74 Å². The zero-order valence-corrected chi connectivity index (χ0v) is 12.9. The van der Waals surface area contributed by atoms with Crippen LogP contribution in [0.2, 0.25) is 0 Å². The molecule has 0 bridgehead atoms. The van der Waals surface area contributed by atoms with Crippen molar-refractivity contribution >= 4 is 21.6 Å². The molecule has 116 valence electrons. The van der Waals surface area contributed by atoms with Crippen molar-refractivity contribution in [1.82, 2.24) is 4.31 Å². The van der Waals surface area contributed by atoms with Crippen LogP contribution in [0.5, 0.6) is 5.75 Å². The highest BCUT2D eigenvalue weighted by atomic mass is 32.2. The van der Waals surface area contributed by atoms with Crippen LogP contribution < -0.4 is 10.1 Å². The molecule has 1 aliphatic heterocycles. The van der Waals surface area contributed by atoms with Gasteiger partial charge in [0.05, 0.1) is 23.3 Å². The molecule has 2 rings (SSSR count). The van der Waals surface area contributed by atoms with Crippen LogP contribution in [-0.2, 0) is 14.8 Å². The van der Waals surface area contributed by atoms with E-state index in [1.807, 2.05) is 0 Å².